The summed E-state index contributed by atoms with van der Waals surface area (Å²) in [7, 11) is 2.04. The lowest BCUT2D eigenvalue weighted by Gasteiger charge is -2.36. The molecule has 0 bridgehead atoms. The highest BCUT2D eigenvalue weighted by Gasteiger charge is 2.29. The van der Waals surface area contributed by atoms with Crippen molar-refractivity contribution in [3.63, 3.8) is 0 Å². The molecule has 0 aliphatic carbocycles. The van der Waals surface area contributed by atoms with Gasteiger partial charge >= 0.3 is 0 Å². The van der Waals surface area contributed by atoms with Gasteiger partial charge in [-0.1, -0.05) is 0 Å². The molecule has 0 aromatic carbocycles. The van der Waals surface area contributed by atoms with Crippen molar-refractivity contribution >= 4 is 5.65 Å². The SMILES string of the molecule is CN1CC[C@H]1c1nnc2ccc(F)cn12. The maximum absolute atomic E-state index is 13.1. The third-order valence-electron chi connectivity index (χ3n) is 2.98. The van der Waals surface area contributed by atoms with Crippen molar-refractivity contribution in [1.29, 1.82) is 0 Å². The van der Waals surface area contributed by atoms with Crippen LogP contribution in [0.3, 0.4) is 0 Å². The highest BCUT2D eigenvalue weighted by molar-refractivity contribution is 5.38. The molecule has 0 amide bonds. The first kappa shape index (κ1) is 8.79. The standard InChI is InChI=1S/C10H11FN4/c1-14-5-4-8(14)10-13-12-9-3-2-7(11)6-15(9)10/h2-3,6,8H,4-5H2,1H3/t8-/m0/s1. The molecule has 2 aromatic rings. The summed E-state index contributed by atoms with van der Waals surface area (Å²) in [6.07, 6.45) is 2.50. The molecule has 3 rings (SSSR count). The number of nitrogens with zero attached hydrogens (tertiary/aromatic N) is 4. The van der Waals surface area contributed by atoms with Crippen LogP contribution in [0.1, 0.15) is 18.3 Å². The Kier molecular flexibility index (Phi) is 1.76. The number of pyridine rings is 1. The second-order valence-electron chi connectivity index (χ2n) is 3.92. The van der Waals surface area contributed by atoms with Crippen molar-refractivity contribution in [2.45, 2.75) is 12.5 Å². The molecule has 15 heavy (non-hydrogen) atoms. The van der Waals surface area contributed by atoms with Gasteiger partial charge in [-0.3, -0.25) is 9.30 Å². The minimum atomic E-state index is -0.259. The summed E-state index contributed by atoms with van der Waals surface area (Å²) in [6.45, 7) is 1.06. The lowest BCUT2D eigenvalue weighted by molar-refractivity contribution is 0.119. The first-order valence-corrected chi connectivity index (χ1v) is 4.96. The van der Waals surface area contributed by atoms with E-state index in [1.165, 1.54) is 12.3 Å². The molecule has 78 valence electrons. The molecule has 1 atom stereocenters. The molecular weight excluding hydrogens is 195 g/mol. The quantitative estimate of drug-likeness (QED) is 0.704. The molecule has 0 spiro atoms. The number of rotatable bonds is 1. The van der Waals surface area contributed by atoms with E-state index < -0.39 is 0 Å². The maximum atomic E-state index is 13.1. The number of hydrogen-bond donors (Lipinski definition) is 0. The Morgan fingerprint density at radius 3 is 2.93 bits per heavy atom. The van der Waals surface area contributed by atoms with Crippen molar-refractivity contribution in [1.82, 2.24) is 19.5 Å². The zero-order valence-electron chi connectivity index (χ0n) is 8.39. The summed E-state index contributed by atoms with van der Waals surface area (Å²) in [5, 5.41) is 8.13. The van der Waals surface area contributed by atoms with E-state index in [2.05, 4.69) is 15.1 Å². The van der Waals surface area contributed by atoms with Crippen LogP contribution in [0.5, 0.6) is 0 Å². The van der Waals surface area contributed by atoms with Crippen molar-refractivity contribution in [3.8, 4) is 0 Å². The monoisotopic (exact) mass is 206 g/mol. The predicted molar refractivity (Wildman–Crippen MR) is 52.9 cm³/mol. The Hall–Kier alpha value is -1.49. The molecule has 0 saturated carbocycles. The lowest BCUT2D eigenvalue weighted by Crippen LogP contribution is -2.38. The van der Waals surface area contributed by atoms with E-state index in [-0.39, 0.29) is 11.9 Å². The lowest BCUT2D eigenvalue weighted by atomic mass is 10.0. The number of hydrogen-bond acceptors (Lipinski definition) is 3. The van der Waals surface area contributed by atoms with Gasteiger partial charge in [0.25, 0.3) is 0 Å². The average Bonchev–Trinajstić information content (AvgIpc) is 2.59. The van der Waals surface area contributed by atoms with Crippen molar-refractivity contribution < 1.29 is 4.39 Å². The number of aromatic nitrogens is 3. The minimum Gasteiger partial charge on any atom is -0.296 e. The number of likely N-dealkylation sites (tertiary alicyclic amines) is 1. The summed E-state index contributed by atoms with van der Waals surface area (Å²) in [5.41, 5.74) is 0.701. The number of fused-ring (bicyclic) bond motifs is 1. The number of halogens is 1. The molecule has 2 aromatic heterocycles. The second kappa shape index (κ2) is 3.00. The van der Waals surface area contributed by atoms with Crippen LogP contribution in [0.2, 0.25) is 0 Å². The third kappa shape index (κ3) is 1.23. The Morgan fingerprint density at radius 1 is 1.40 bits per heavy atom. The Labute approximate surface area is 86.3 Å². The van der Waals surface area contributed by atoms with Gasteiger partial charge in [-0.05, 0) is 25.6 Å². The highest BCUT2D eigenvalue weighted by Crippen LogP contribution is 2.30. The second-order valence-corrected chi connectivity index (χ2v) is 3.92. The van der Waals surface area contributed by atoms with Gasteiger partial charge in [0.2, 0.25) is 0 Å². The molecule has 0 radical (unpaired) electrons. The van der Waals surface area contributed by atoms with E-state index in [0.29, 0.717) is 5.65 Å². The fourth-order valence-electron chi connectivity index (χ4n) is 1.95. The predicted octanol–water partition coefficient (Wildman–Crippen LogP) is 1.24. The zero-order chi connectivity index (χ0) is 10.4. The highest BCUT2D eigenvalue weighted by atomic mass is 19.1. The van der Waals surface area contributed by atoms with Crippen LogP contribution in [-0.2, 0) is 0 Å². The molecule has 3 heterocycles. The zero-order valence-corrected chi connectivity index (χ0v) is 8.39. The Balaban J connectivity index is 2.14. The van der Waals surface area contributed by atoms with Gasteiger partial charge in [0.1, 0.15) is 5.82 Å². The van der Waals surface area contributed by atoms with E-state index in [1.54, 1.807) is 10.5 Å². The summed E-state index contributed by atoms with van der Waals surface area (Å²) >= 11 is 0. The largest absolute Gasteiger partial charge is 0.296 e. The first-order valence-electron chi connectivity index (χ1n) is 4.96. The average molecular weight is 206 g/mol. The van der Waals surface area contributed by atoms with E-state index >= 15 is 0 Å². The van der Waals surface area contributed by atoms with Crippen molar-refractivity contribution in [2.75, 3.05) is 13.6 Å². The fourth-order valence-corrected chi connectivity index (χ4v) is 1.95. The van der Waals surface area contributed by atoms with Gasteiger partial charge in [-0.15, -0.1) is 10.2 Å². The summed E-state index contributed by atoms with van der Waals surface area (Å²) in [4.78, 5) is 2.18. The van der Waals surface area contributed by atoms with Gasteiger partial charge in [0, 0.05) is 12.7 Å². The van der Waals surface area contributed by atoms with E-state index in [9.17, 15) is 4.39 Å². The molecule has 5 heteroatoms. The first-order chi connectivity index (χ1) is 7.25. The van der Waals surface area contributed by atoms with Crippen LogP contribution in [0.4, 0.5) is 4.39 Å². The minimum absolute atomic E-state index is 0.259. The van der Waals surface area contributed by atoms with Crippen LogP contribution in [0, 0.1) is 5.82 Å². The molecule has 4 nitrogen and oxygen atoms in total. The van der Waals surface area contributed by atoms with Gasteiger partial charge in [-0.2, -0.15) is 0 Å². The van der Waals surface area contributed by atoms with Crippen LogP contribution in [0.25, 0.3) is 5.65 Å². The molecule has 1 saturated heterocycles. The van der Waals surface area contributed by atoms with Gasteiger partial charge in [0.15, 0.2) is 11.5 Å². The van der Waals surface area contributed by atoms with Crippen LogP contribution in [-0.4, -0.2) is 33.1 Å². The van der Waals surface area contributed by atoms with E-state index in [1.807, 2.05) is 7.05 Å². The van der Waals surface area contributed by atoms with Crippen molar-refractivity contribution in [2.24, 2.45) is 0 Å². The van der Waals surface area contributed by atoms with E-state index in [4.69, 9.17) is 0 Å². The molecule has 0 N–H and O–H groups in total. The topological polar surface area (TPSA) is 33.4 Å². The van der Waals surface area contributed by atoms with Crippen LogP contribution in [0.15, 0.2) is 18.3 Å². The maximum Gasteiger partial charge on any atom is 0.160 e. The third-order valence-corrected chi connectivity index (χ3v) is 2.98. The van der Waals surface area contributed by atoms with Crippen molar-refractivity contribution in [3.05, 3.63) is 30.0 Å². The van der Waals surface area contributed by atoms with Crippen LogP contribution >= 0.6 is 0 Å². The molecule has 1 aliphatic rings. The summed E-state index contributed by atoms with van der Waals surface area (Å²) in [5.74, 6) is 0.573. The Morgan fingerprint density at radius 2 is 2.27 bits per heavy atom. The van der Waals surface area contributed by atoms with Gasteiger partial charge in [-0.25, -0.2) is 4.39 Å². The molecule has 1 fully saturated rings. The molecule has 1 aliphatic heterocycles. The Bertz CT molecular complexity index is 507. The van der Waals surface area contributed by atoms with Crippen LogP contribution < -0.4 is 0 Å². The molecule has 0 unspecified atom stereocenters. The van der Waals surface area contributed by atoms with Gasteiger partial charge < -0.3 is 0 Å². The fraction of sp³-hybridized carbons (Fsp3) is 0.400. The smallest absolute Gasteiger partial charge is 0.160 e. The summed E-state index contributed by atoms with van der Waals surface area (Å²) < 4.78 is 14.8. The normalized spacial score (nSPS) is 21.9. The summed E-state index contributed by atoms with van der Waals surface area (Å²) in [6, 6.07) is 3.32. The van der Waals surface area contributed by atoms with Gasteiger partial charge in [0.05, 0.1) is 6.04 Å². The molecular formula is C10H11FN4. The van der Waals surface area contributed by atoms with E-state index in [0.717, 1.165) is 18.8 Å².